The lowest BCUT2D eigenvalue weighted by Gasteiger charge is -2.25. The van der Waals surface area contributed by atoms with Gasteiger partial charge in [-0.05, 0) is 39.7 Å². The Kier molecular flexibility index (Phi) is 6.52. The molecule has 1 aliphatic rings. The number of nitrogens with zero attached hydrogens (tertiary/aromatic N) is 2. The number of carbonyl (C=O) groups excluding carboxylic acids is 1. The molecule has 0 saturated carbocycles. The first kappa shape index (κ1) is 20.9. The zero-order chi connectivity index (χ0) is 21.6. The van der Waals surface area contributed by atoms with Gasteiger partial charge >= 0.3 is 0 Å². The first-order valence-corrected chi connectivity index (χ1v) is 10.7. The molecule has 2 heterocycles. The molecule has 31 heavy (non-hydrogen) atoms. The molecule has 1 aromatic heterocycles. The van der Waals surface area contributed by atoms with E-state index in [4.69, 9.17) is 9.47 Å². The minimum absolute atomic E-state index is 0.0775. The Hall–Kier alpha value is -3.32. The second-order valence-electron chi connectivity index (χ2n) is 6.96. The molecule has 0 spiro atoms. The molecule has 7 heteroatoms. The van der Waals surface area contributed by atoms with Crippen LogP contribution in [-0.2, 0) is 11.3 Å². The number of hydrogen-bond acceptors (Lipinski definition) is 4. The lowest BCUT2D eigenvalue weighted by atomic mass is 10.2. The summed E-state index contributed by atoms with van der Waals surface area (Å²) >= 11 is 3.35. The normalized spacial score (nSPS) is 12.7. The zero-order valence-corrected chi connectivity index (χ0v) is 18.3. The molecule has 4 rings (SSSR count). The average Bonchev–Trinajstić information content (AvgIpc) is 2.79. The monoisotopic (exact) mass is 480 g/mol. The Morgan fingerprint density at radius 1 is 1.03 bits per heavy atom. The molecule has 0 saturated heterocycles. The van der Waals surface area contributed by atoms with Gasteiger partial charge in [0.15, 0.2) is 11.5 Å². The molecule has 3 aromatic rings. The number of carbonyl (C=O) groups is 1. The summed E-state index contributed by atoms with van der Waals surface area (Å²) in [5, 5.41) is 0. The molecule has 6 nitrogen and oxygen atoms in total. The highest BCUT2D eigenvalue weighted by Gasteiger charge is 2.19. The van der Waals surface area contributed by atoms with Gasteiger partial charge in [-0.15, -0.1) is 0 Å². The van der Waals surface area contributed by atoms with Crippen LogP contribution in [0.15, 0.2) is 82.2 Å². The highest BCUT2D eigenvalue weighted by atomic mass is 79.9. The van der Waals surface area contributed by atoms with E-state index in [0.29, 0.717) is 36.9 Å². The number of ether oxygens (including phenoxy) is 2. The van der Waals surface area contributed by atoms with Gasteiger partial charge in [0.05, 0.1) is 0 Å². The average molecular weight is 481 g/mol. The van der Waals surface area contributed by atoms with E-state index in [-0.39, 0.29) is 18.0 Å². The van der Waals surface area contributed by atoms with Crippen molar-refractivity contribution in [1.29, 1.82) is 0 Å². The van der Waals surface area contributed by atoms with Crippen LogP contribution in [0.3, 0.4) is 0 Å². The quantitative estimate of drug-likeness (QED) is 0.532. The third kappa shape index (κ3) is 5.24. The molecule has 0 aliphatic carbocycles. The smallest absolute Gasteiger partial charge is 0.251 e. The van der Waals surface area contributed by atoms with Crippen molar-refractivity contribution < 1.29 is 14.3 Å². The number of fused-ring (bicyclic) bond motifs is 1. The molecule has 0 radical (unpaired) electrons. The molecule has 0 atom stereocenters. The number of aromatic nitrogens is 1. The summed E-state index contributed by atoms with van der Waals surface area (Å²) in [4.78, 5) is 27.0. The Labute approximate surface area is 188 Å². The maximum absolute atomic E-state index is 13.2. The second-order valence-corrected chi connectivity index (χ2v) is 7.87. The molecule has 0 bridgehead atoms. The Morgan fingerprint density at radius 2 is 1.81 bits per heavy atom. The van der Waals surface area contributed by atoms with Gasteiger partial charge in [-0.25, -0.2) is 0 Å². The van der Waals surface area contributed by atoms with Crippen LogP contribution in [0.4, 0.5) is 5.69 Å². The lowest BCUT2D eigenvalue weighted by molar-refractivity contribution is -0.119. The van der Waals surface area contributed by atoms with Crippen molar-refractivity contribution in [2.45, 2.75) is 6.54 Å². The summed E-state index contributed by atoms with van der Waals surface area (Å²) < 4.78 is 13.4. The Balaban J connectivity index is 1.61. The standard InChI is InChI=1S/C24H21BrN2O4/c25-19-8-11-23(28)26(16-19)17-24(29)27(12-4-7-18-5-2-1-3-6-18)20-9-10-21-22(15-20)31-14-13-30-21/h1-11,15-16H,12-14,17H2/b7-4+. The van der Waals surface area contributed by atoms with Crippen molar-refractivity contribution in [1.82, 2.24) is 4.57 Å². The van der Waals surface area contributed by atoms with Crippen LogP contribution in [0.1, 0.15) is 5.56 Å². The van der Waals surface area contributed by atoms with Crippen LogP contribution < -0.4 is 19.9 Å². The molecule has 0 unspecified atom stereocenters. The van der Waals surface area contributed by atoms with Gasteiger partial charge in [-0.2, -0.15) is 0 Å². The van der Waals surface area contributed by atoms with Gasteiger partial charge < -0.3 is 18.9 Å². The predicted molar refractivity (Wildman–Crippen MR) is 124 cm³/mol. The third-order valence-electron chi connectivity index (χ3n) is 4.79. The number of pyridine rings is 1. The van der Waals surface area contributed by atoms with Gasteiger partial charge in [-0.1, -0.05) is 42.5 Å². The van der Waals surface area contributed by atoms with E-state index >= 15 is 0 Å². The maximum Gasteiger partial charge on any atom is 0.251 e. The largest absolute Gasteiger partial charge is 0.486 e. The number of halogens is 1. The minimum Gasteiger partial charge on any atom is -0.486 e. The van der Waals surface area contributed by atoms with Gasteiger partial charge in [-0.3, -0.25) is 9.59 Å². The van der Waals surface area contributed by atoms with Crippen molar-refractivity contribution in [3.8, 4) is 11.5 Å². The molecule has 1 amide bonds. The number of amides is 1. The Morgan fingerprint density at radius 3 is 2.61 bits per heavy atom. The van der Waals surface area contributed by atoms with Crippen LogP contribution in [-0.4, -0.2) is 30.2 Å². The minimum atomic E-state index is -0.237. The molecule has 2 aromatic carbocycles. The van der Waals surface area contributed by atoms with Crippen molar-refractivity contribution in [2.24, 2.45) is 0 Å². The topological polar surface area (TPSA) is 60.8 Å². The van der Waals surface area contributed by atoms with Crippen molar-refractivity contribution >= 4 is 33.6 Å². The van der Waals surface area contributed by atoms with Crippen molar-refractivity contribution in [3.05, 3.63) is 93.3 Å². The van der Waals surface area contributed by atoms with E-state index in [1.807, 2.05) is 48.6 Å². The van der Waals surface area contributed by atoms with Crippen LogP contribution in [0.2, 0.25) is 0 Å². The summed E-state index contributed by atoms with van der Waals surface area (Å²) in [7, 11) is 0. The van der Waals surface area contributed by atoms with Crippen molar-refractivity contribution in [3.63, 3.8) is 0 Å². The fraction of sp³-hybridized carbons (Fsp3) is 0.167. The molecule has 158 valence electrons. The van der Waals surface area contributed by atoms with E-state index in [1.165, 1.54) is 10.6 Å². The molecule has 0 fully saturated rings. The lowest BCUT2D eigenvalue weighted by Crippen LogP contribution is -2.36. The first-order valence-electron chi connectivity index (χ1n) is 9.88. The van der Waals surface area contributed by atoms with Gasteiger partial charge in [0, 0.05) is 35.0 Å². The fourth-order valence-electron chi connectivity index (χ4n) is 3.27. The fourth-order valence-corrected chi connectivity index (χ4v) is 3.65. The van der Waals surface area contributed by atoms with Crippen LogP contribution >= 0.6 is 15.9 Å². The van der Waals surface area contributed by atoms with Crippen LogP contribution in [0.5, 0.6) is 11.5 Å². The number of rotatable bonds is 6. The summed E-state index contributed by atoms with van der Waals surface area (Å²) in [6.07, 6.45) is 5.50. The predicted octanol–water partition coefficient (Wildman–Crippen LogP) is 4.13. The van der Waals surface area contributed by atoms with E-state index in [0.717, 1.165) is 10.0 Å². The number of anilines is 1. The van der Waals surface area contributed by atoms with E-state index < -0.39 is 0 Å². The molecule has 1 aliphatic heterocycles. The van der Waals surface area contributed by atoms with E-state index in [2.05, 4.69) is 15.9 Å². The number of hydrogen-bond donors (Lipinski definition) is 0. The van der Waals surface area contributed by atoms with E-state index in [9.17, 15) is 9.59 Å². The van der Waals surface area contributed by atoms with E-state index in [1.54, 1.807) is 29.3 Å². The summed E-state index contributed by atoms with van der Waals surface area (Å²) in [5.41, 5.74) is 1.48. The van der Waals surface area contributed by atoms with Gasteiger partial charge in [0.25, 0.3) is 5.56 Å². The third-order valence-corrected chi connectivity index (χ3v) is 5.26. The SMILES string of the molecule is O=C(Cn1cc(Br)ccc1=O)N(C/C=C/c1ccccc1)c1ccc2c(c1)OCCO2. The van der Waals surface area contributed by atoms with Gasteiger partial charge in [0.1, 0.15) is 19.8 Å². The second kappa shape index (κ2) is 9.66. The number of benzene rings is 2. The molecule has 0 N–H and O–H groups in total. The van der Waals surface area contributed by atoms with Crippen LogP contribution in [0, 0.1) is 0 Å². The van der Waals surface area contributed by atoms with Crippen LogP contribution in [0.25, 0.3) is 6.08 Å². The molecular weight excluding hydrogens is 460 g/mol. The zero-order valence-electron chi connectivity index (χ0n) is 16.7. The summed E-state index contributed by atoms with van der Waals surface area (Å²) in [6, 6.07) is 18.4. The first-order chi connectivity index (χ1) is 15.1. The Bertz CT molecular complexity index is 1160. The van der Waals surface area contributed by atoms with Crippen molar-refractivity contribution in [2.75, 3.05) is 24.7 Å². The molecular formula is C24H21BrN2O4. The highest BCUT2D eigenvalue weighted by Crippen LogP contribution is 2.34. The maximum atomic E-state index is 13.2. The summed E-state index contributed by atoms with van der Waals surface area (Å²) in [6.45, 7) is 1.23. The highest BCUT2D eigenvalue weighted by molar-refractivity contribution is 9.10. The summed E-state index contributed by atoms with van der Waals surface area (Å²) in [5.74, 6) is 1.05. The van der Waals surface area contributed by atoms with Gasteiger partial charge in [0.2, 0.25) is 5.91 Å².